The standard InChI is InChI=1S/C20H27N5O/c1-22(17-5-3-2-4-6-17)20(26)15-24-11-9-23(10-12-24)14-19-13-21-16-25(19)18-7-8-18/h2-6,13,16,18H,7-12,14-15H2,1H3. The second kappa shape index (κ2) is 7.60. The lowest BCUT2D eigenvalue weighted by molar-refractivity contribution is -0.119. The van der Waals surface area contributed by atoms with Gasteiger partial charge in [0, 0.05) is 57.7 Å². The number of anilines is 1. The number of imidazole rings is 1. The number of benzene rings is 1. The Morgan fingerprint density at radius 1 is 1.12 bits per heavy atom. The molecule has 0 spiro atoms. The minimum Gasteiger partial charge on any atom is -0.330 e. The highest BCUT2D eigenvalue weighted by atomic mass is 16.2. The summed E-state index contributed by atoms with van der Waals surface area (Å²) in [5.41, 5.74) is 2.27. The molecule has 0 radical (unpaired) electrons. The first-order valence-electron chi connectivity index (χ1n) is 9.48. The molecule has 1 aliphatic carbocycles. The number of likely N-dealkylation sites (N-methyl/N-ethyl adjacent to an activating group) is 1. The van der Waals surface area contributed by atoms with Crippen molar-refractivity contribution in [1.29, 1.82) is 0 Å². The third kappa shape index (κ3) is 3.97. The molecule has 0 atom stereocenters. The summed E-state index contributed by atoms with van der Waals surface area (Å²) in [4.78, 5) is 23.3. The van der Waals surface area contributed by atoms with Gasteiger partial charge in [-0.2, -0.15) is 0 Å². The minimum atomic E-state index is 0.149. The maximum absolute atomic E-state index is 12.5. The van der Waals surface area contributed by atoms with Gasteiger partial charge < -0.3 is 9.47 Å². The maximum atomic E-state index is 12.5. The monoisotopic (exact) mass is 353 g/mol. The van der Waals surface area contributed by atoms with Gasteiger partial charge >= 0.3 is 0 Å². The predicted molar refractivity (Wildman–Crippen MR) is 102 cm³/mol. The molecule has 2 aliphatic rings. The van der Waals surface area contributed by atoms with Crippen LogP contribution >= 0.6 is 0 Å². The average Bonchev–Trinajstić information content (AvgIpc) is 3.42. The van der Waals surface area contributed by atoms with Gasteiger partial charge in [-0.05, 0) is 25.0 Å². The molecule has 1 amide bonds. The number of carbonyl (C=O) groups is 1. The lowest BCUT2D eigenvalue weighted by atomic mass is 10.2. The van der Waals surface area contributed by atoms with Crippen LogP contribution in [-0.4, -0.2) is 65.0 Å². The van der Waals surface area contributed by atoms with E-state index in [0.717, 1.165) is 38.4 Å². The third-order valence-corrected chi connectivity index (χ3v) is 5.41. The Kier molecular flexibility index (Phi) is 5.04. The van der Waals surface area contributed by atoms with E-state index in [1.54, 1.807) is 4.90 Å². The molecule has 2 fully saturated rings. The number of para-hydroxylation sites is 1. The molecule has 6 nitrogen and oxygen atoms in total. The van der Waals surface area contributed by atoms with Crippen LogP contribution in [0.15, 0.2) is 42.9 Å². The molecule has 2 heterocycles. The highest BCUT2D eigenvalue weighted by molar-refractivity contribution is 5.94. The Balaban J connectivity index is 1.26. The van der Waals surface area contributed by atoms with Crippen molar-refractivity contribution in [2.24, 2.45) is 0 Å². The van der Waals surface area contributed by atoms with Crippen molar-refractivity contribution in [3.63, 3.8) is 0 Å². The van der Waals surface area contributed by atoms with E-state index in [4.69, 9.17) is 0 Å². The maximum Gasteiger partial charge on any atom is 0.240 e. The number of nitrogens with zero attached hydrogens (tertiary/aromatic N) is 5. The van der Waals surface area contributed by atoms with Gasteiger partial charge in [-0.1, -0.05) is 18.2 Å². The van der Waals surface area contributed by atoms with E-state index in [1.807, 2.05) is 49.9 Å². The van der Waals surface area contributed by atoms with Gasteiger partial charge in [0.1, 0.15) is 0 Å². The lowest BCUT2D eigenvalue weighted by Gasteiger charge is -2.35. The molecule has 6 heteroatoms. The van der Waals surface area contributed by atoms with Crippen LogP contribution in [0.25, 0.3) is 0 Å². The summed E-state index contributed by atoms with van der Waals surface area (Å²) in [6.07, 6.45) is 6.55. The highest BCUT2D eigenvalue weighted by Crippen LogP contribution is 2.35. The first kappa shape index (κ1) is 17.2. The van der Waals surface area contributed by atoms with Gasteiger partial charge in [-0.25, -0.2) is 4.98 Å². The summed E-state index contributed by atoms with van der Waals surface area (Å²) in [5.74, 6) is 0.149. The molecule has 1 saturated carbocycles. The SMILES string of the molecule is CN(C(=O)CN1CCN(Cc2cncn2C2CC2)CC1)c1ccccc1. The van der Waals surface area contributed by atoms with Crippen molar-refractivity contribution in [2.75, 3.05) is 44.7 Å². The molecule has 0 N–H and O–H groups in total. The van der Waals surface area contributed by atoms with Crippen LogP contribution in [0.2, 0.25) is 0 Å². The zero-order valence-corrected chi connectivity index (χ0v) is 15.4. The third-order valence-electron chi connectivity index (χ3n) is 5.41. The topological polar surface area (TPSA) is 44.6 Å². The van der Waals surface area contributed by atoms with Crippen molar-refractivity contribution in [1.82, 2.24) is 19.4 Å². The molecule has 1 aromatic carbocycles. The second-order valence-corrected chi connectivity index (χ2v) is 7.36. The van der Waals surface area contributed by atoms with E-state index in [9.17, 15) is 4.79 Å². The van der Waals surface area contributed by atoms with Crippen LogP contribution in [0.5, 0.6) is 0 Å². The largest absolute Gasteiger partial charge is 0.330 e. The zero-order chi connectivity index (χ0) is 17.9. The van der Waals surface area contributed by atoms with Gasteiger partial charge in [0.25, 0.3) is 0 Å². The molecule has 1 saturated heterocycles. The van der Waals surface area contributed by atoms with Gasteiger partial charge in [-0.3, -0.25) is 14.6 Å². The Hall–Kier alpha value is -2.18. The number of piperazine rings is 1. The molecule has 4 rings (SSSR count). The molecule has 1 aromatic heterocycles. The molecule has 0 unspecified atom stereocenters. The summed E-state index contributed by atoms with van der Waals surface area (Å²) in [5, 5.41) is 0. The van der Waals surface area contributed by atoms with Crippen LogP contribution in [-0.2, 0) is 11.3 Å². The number of aromatic nitrogens is 2. The molecular weight excluding hydrogens is 326 g/mol. The number of rotatable bonds is 6. The summed E-state index contributed by atoms with van der Waals surface area (Å²) in [6, 6.07) is 10.5. The van der Waals surface area contributed by atoms with E-state index in [-0.39, 0.29) is 5.91 Å². The second-order valence-electron chi connectivity index (χ2n) is 7.36. The van der Waals surface area contributed by atoms with Gasteiger partial charge in [0.05, 0.1) is 18.6 Å². The molecule has 2 aromatic rings. The van der Waals surface area contributed by atoms with E-state index in [1.165, 1.54) is 18.5 Å². The van der Waals surface area contributed by atoms with Crippen LogP contribution in [0.3, 0.4) is 0 Å². The first-order chi connectivity index (χ1) is 12.7. The van der Waals surface area contributed by atoms with Crippen molar-refractivity contribution in [3.8, 4) is 0 Å². The van der Waals surface area contributed by atoms with Crippen molar-refractivity contribution >= 4 is 11.6 Å². The molecular formula is C20H27N5O. The summed E-state index contributed by atoms with van der Waals surface area (Å²) in [6.45, 7) is 5.32. The Morgan fingerprint density at radius 2 is 1.81 bits per heavy atom. The number of carbonyl (C=O) groups excluding carboxylic acids is 1. The normalized spacial score (nSPS) is 18.8. The van der Waals surface area contributed by atoms with Crippen LogP contribution in [0.4, 0.5) is 5.69 Å². The fourth-order valence-corrected chi connectivity index (χ4v) is 3.56. The number of hydrogen-bond donors (Lipinski definition) is 0. The van der Waals surface area contributed by atoms with Crippen LogP contribution < -0.4 is 4.90 Å². The quantitative estimate of drug-likeness (QED) is 0.797. The van der Waals surface area contributed by atoms with Crippen LogP contribution in [0, 0.1) is 0 Å². The Morgan fingerprint density at radius 3 is 2.50 bits per heavy atom. The van der Waals surface area contributed by atoms with E-state index in [0.29, 0.717) is 12.6 Å². The van der Waals surface area contributed by atoms with E-state index >= 15 is 0 Å². The minimum absolute atomic E-state index is 0.149. The highest BCUT2D eigenvalue weighted by Gasteiger charge is 2.27. The van der Waals surface area contributed by atoms with Crippen LogP contribution in [0.1, 0.15) is 24.6 Å². The Labute approximate surface area is 155 Å². The summed E-state index contributed by atoms with van der Waals surface area (Å²) in [7, 11) is 1.85. The van der Waals surface area contributed by atoms with E-state index in [2.05, 4.69) is 19.4 Å². The van der Waals surface area contributed by atoms with Crippen molar-refractivity contribution in [3.05, 3.63) is 48.5 Å². The zero-order valence-electron chi connectivity index (χ0n) is 15.4. The van der Waals surface area contributed by atoms with Gasteiger partial charge in [0.2, 0.25) is 5.91 Å². The smallest absolute Gasteiger partial charge is 0.240 e. The molecule has 138 valence electrons. The summed E-state index contributed by atoms with van der Waals surface area (Å²) >= 11 is 0. The lowest BCUT2D eigenvalue weighted by Crippen LogP contribution is -2.49. The molecule has 0 bridgehead atoms. The molecule has 26 heavy (non-hydrogen) atoms. The van der Waals surface area contributed by atoms with E-state index < -0.39 is 0 Å². The van der Waals surface area contributed by atoms with Gasteiger partial charge in [-0.15, -0.1) is 0 Å². The fourth-order valence-electron chi connectivity index (χ4n) is 3.56. The summed E-state index contributed by atoms with van der Waals surface area (Å²) < 4.78 is 2.34. The van der Waals surface area contributed by atoms with Gasteiger partial charge in [0.15, 0.2) is 0 Å². The first-order valence-corrected chi connectivity index (χ1v) is 9.48. The number of hydrogen-bond acceptors (Lipinski definition) is 4. The average molecular weight is 353 g/mol. The van der Waals surface area contributed by atoms with Crippen molar-refractivity contribution in [2.45, 2.75) is 25.4 Å². The number of amides is 1. The fraction of sp³-hybridized carbons (Fsp3) is 0.500. The van der Waals surface area contributed by atoms with Crippen molar-refractivity contribution < 1.29 is 4.79 Å². The molecule has 1 aliphatic heterocycles. The Bertz CT molecular complexity index is 732. The predicted octanol–water partition coefficient (Wildman–Crippen LogP) is 2.00.